The molecule has 0 saturated heterocycles. The maximum atomic E-state index is 11.3. The Morgan fingerprint density at radius 3 is 2.79 bits per heavy atom. The maximum Gasteiger partial charge on any atom is 0.417 e. The summed E-state index contributed by atoms with van der Waals surface area (Å²) in [4.78, 5) is 22.1. The third-order valence-corrected chi connectivity index (χ3v) is 3.86. The van der Waals surface area contributed by atoms with Gasteiger partial charge in [0.25, 0.3) is 0 Å². The topological polar surface area (TPSA) is 97.8 Å². The van der Waals surface area contributed by atoms with Crippen LogP contribution < -0.4 is 10.1 Å². The SMILES string of the molecule is CC(C)(C)NCC(COc1cccc2sncc12)OC(=O)C(=O)O. The summed E-state index contributed by atoms with van der Waals surface area (Å²) in [6.45, 7) is 6.20. The quantitative estimate of drug-likeness (QED) is 0.606. The highest BCUT2D eigenvalue weighted by molar-refractivity contribution is 7.13. The first-order valence-corrected chi connectivity index (χ1v) is 8.19. The van der Waals surface area contributed by atoms with Crippen molar-refractivity contribution < 1.29 is 24.2 Å². The molecule has 0 radical (unpaired) electrons. The van der Waals surface area contributed by atoms with E-state index >= 15 is 0 Å². The van der Waals surface area contributed by atoms with Crippen molar-refractivity contribution in [2.45, 2.75) is 32.4 Å². The second-order valence-electron chi connectivity index (χ2n) is 6.27. The number of carbonyl (C=O) groups is 2. The van der Waals surface area contributed by atoms with Gasteiger partial charge in [0.2, 0.25) is 0 Å². The van der Waals surface area contributed by atoms with Gasteiger partial charge in [-0.25, -0.2) is 9.59 Å². The Hall–Kier alpha value is -2.19. The van der Waals surface area contributed by atoms with Crippen LogP contribution >= 0.6 is 11.5 Å². The minimum atomic E-state index is -1.63. The fraction of sp³-hybridized carbons (Fsp3) is 0.438. The summed E-state index contributed by atoms with van der Waals surface area (Å²) >= 11 is 1.36. The average molecular weight is 352 g/mol. The zero-order valence-corrected chi connectivity index (χ0v) is 14.6. The van der Waals surface area contributed by atoms with Crippen LogP contribution in [0.2, 0.25) is 0 Å². The van der Waals surface area contributed by atoms with E-state index in [1.807, 2.05) is 32.9 Å². The van der Waals surface area contributed by atoms with Crippen molar-refractivity contribution >= 4 is 33.6 Å². The van der Waals surface area contributed by atoms with Gasteiger partial charge in [-0.3, -0.25) is 0 Å². The summed E-state index contributed by atoms with van der Waals surface area (Å²) in [5.41, 5.74) is -0.203. The van der Waals surface area contributed by atoms with Crippen molar-refractivity contribution in [2.75, 3.05) is 13.2 Å². The Morgan fingerprint density at radius 1 is 1.38 bits per heavy atom. The molecule has 0 aliphatic carbocycles. The van der Waals surface area contributed by atoms with E-state index in [0.29, 0.717) is 5.75 Å². The van der Waals surface area contributed by atoms with Crippen LogP contribution in [0.3, 0.4) is 0 Å². The van der Waals surface area contributed by atoms with Gasteiger partial charge in [-0.05, 0) is 44.4 Å². The van der Waals surface area contributed by atoms with Gasteiger partial charge < -0.3 is 19.9 Å². The molecule has 8 heteroatoms. The van der Waals surface area contributed by atoms with E-state index in [0.717, 1.165) is 10.1 Å². The van der Waals surface area contributed by atoms with Crippen LogP contribution in [0.25, 0.3) is 10.1 Å². The lowest BCUT2D eigenvalue weighted by atomic mass is 10.1. The molecule has 1 heterocycles. The fourth-order valence-electron chi connectivity index (χ4n) is 1.93. The summed E-state index contributed by atoms with van der Waals surface area (Å²) in [5, 5.41) is 12.8. The van der Waals surface area contributed by atoms with Gasteiger partial charge in [-0.15, -0.1) is 0 Å². The number of hydrogen-bond acceptors (Lipinski definition) is 7. The van der Waals surface area contributed by atoms with Gasteiger partial charge >= 0.3 is 11.9 Å². The molecule has 130 valence electrons. The summed E-state index contributed by atoms with van der Waals surface area (Å²) in [7, 11) is 0. The fourth-order valence-corrected chi connectivity index (χ4v) is 2.59. The molecule has 24 heavy (non-hydrogen) atoms. The first-order chi connectivity index (χ1) is 11.3. The number of carbonyl (C=O) groups excluding carboxylic acids is 1. The van der Waals surface area contributed by atoms with Crippen LogP contribution in [-0.4, -0.2) is 46.2 Å². The van der Waals surface area contributed by atoms with Gasteiger partial charge in [0, 0.05) is 12.1 Å². The second-order valence-corrected chi connectivity index (χ2v) is 7.10. The first-order valence-electron chi connectivity index (χ1n) is 7.41. The number of aliphatic carboxylic acids is 1. The van der Waals surface area contributed by atoms with Crippen molar-refractivity contribution in [3.05, 3.63) is 24.4 Å². The highest BCUT2D eigenvalue weighted by Gasteiger charge is 2.23. The van der Waals surface area contributed by atoms with Crippen LogP contribution in [0.5, 0.6) is 5.75 Å². The molecular formula is C16H20N2O5S. The number of nitrogens with zero attached hydrogens (tertiary/aromatic N) is 1. The number of benzene rings is 1. The number of nitrogens with one attached hydrogen (secondary N) is 1. The average Bonchev–Trinajstić information content (AvgIpc) is 2.97. The summed E-state index contributed by atoms with van der Waals surface area (Å²) < 4.78 is 15.8. The normalized spacial score (nSPS) is 12.8. The summed E-state index contributed by atoms with van der Waals surface area (Å²) in [6.07, 6.45) is 0.982. The minimum absolute atomic E-state index is 0.0388. The van der Waals surface area contributed by atoms with Gasteiger partial charge in [0.1, 0.15) is 18.5 Å². The highest BCUT2D eigenvalue weighted by atomic mass is 32.1. The minimum Gasteiger partial charge on any atom is -0.489 e. The van der Waals surface area contributed by atoms with Crippen molar-refractivity contribution in [3.8, 4) is 5.75 Å². The van der Waals surface area contributed by atoms with E-state index in [9.17, 15) is 9.59 Å². The molecule has 1 unspecified atom stereocenters. The second kappa shape index (κ2) is 7.59. The molecule has 0 bridgehead atoms. The van der Waals surface area contributed by atoms with E-state index in [2.05, 4.69) is 9.69 Å². The van der Waals surface area contributed by atoms with Crippen LogP contribution in [0.15, 0.2) is 24.4 Å². The van der Waals surface area contributed by atoms with Crippen molar-refractivity contribution in [1.29, 1.82) is 0 Å². The molecule has 0 saturated carbocycles. The molecule has 2 rings (SSSR count). The van der Waals surface area contributed by atoms with Crippen LogP contribution in [0.4, 0.5) is 0 Å². The van der Waals surface area contributed by atoms with Gasteiger partial charge in [-0.1, -0.05) is 6.07 Å². The standard InChI is InChI=1S/C16H20N2O5S/c1-16(2,3)17-7-10(23-15(21)14(19)20)9-22-12-5-4-6-13-11(12)8-18-24-13/h4-6,8,10,17H,7,9H2,1-3H3,(H,19,20). The summed E-state index contributed by atoms with van der Waals surface area (Å²) in [6, 6.07) is 5.58. The van der Waals surface area contributed by atoms with Crippen molar-refractivity contribution in [1.82, 2.24) is 9.69 Å². The van der Waals surface area contributed by atoms with Gasteiger partial charge in [-0.2, -0.15) is 4.37 Å². The molecule has 2 N–H and O–H groups in total. The molecule has 1 atom stereocenters. The Labute approximate surface area is 143 Å². The molecule has 0 aliphatic rings. The van der Waals surface area contributed by atoms with Gasteiger partial charge in [0.05, 0.1) is 16.3 Å². The predicted molar refractivity (Wildman–Crippen MR) is 90.4 cm³/mol. The molecule has 1 aromatic carbocycles. The predicted octanol–water partition coefficient (Wildman–Crippen LogP) is 2.06. The molecular weight excluding hydrogens is 332 g/mol. The molecule has 0 fully saturated rings. The van der Waals surface area contributed by atoms with E-state index < -0.39 is 18.0 Å². The number of fused-ring (bicyclic) bond motifs is 1. The van der Waals surface area contributed by atoms with Crippen molar-refractivity contribution in [2.24, 2.45) is 0 Å². The zero-order valence-electron chi connectivity index (χ0n) is 13.7. The smallest absolute Gasteiger partial charge is 0.417 e. The number of ether oxygens (including phenoxy) is 2. The molecule has 0 amide bonds. The number of carboxylic acid groups (broad SMARTS) is 1. The van der Waals surface area contributed by atoms with E-state index in [4.69, 9.17) is 14.6 Å². The Kier molecular flexibility index (Phi) is 5.74. The number of esters is 1. The van der Waals surface area contributed by atoms with E-state index in [1.165, 1.54) is 11.5 Å². The Balaban J connectivity index is 2.05. The molecule has 1 aromatic heterocycles. The largest absolute Gasteiger partial charge is 0.489 e. The number of aromatic nitrogens is 1. The lowest BCUT2D eigenvalue weighted by Gasteiger charge is -2.25. The molecule has 0 spiro atoms. The van der Waals surface area contributed by atoms with Crippen molar-refractivity contribution in [3.63, 3.8) is 0 Å². The number of carboxylic acids is 1. The lowest BCUT2D eigenvalue weighted by Crippen LogP contribution is -2.44. The zero-order chi connectivity index (χ0) is 17.7. The van der Waals surface area contributed by atoms with Crippen LogP contribution in [0, 0.1) is 0 Å². The maximum absolute atomic E-state index is 11.3. The highest BCUT2D eigenvalue weighted by Crippen LogP contribution is 2.27. The summed E-state index contributed by atoms with van der Waals surface area (Å²) in [5.74, 6) is -2.30. The number of rotatable bonds is 6. The third kappa shape index (κ3) is 5.17. The first kappa shape index (κ1) is 18.2. The Bertz CT molecular complexity index is 723. The van der Waals surface area contributed by atoms with E-state index in [-0.39, 0.29) is 18.7 Å². The molecule has 7 nitrogen and oxygen atoms in total. The molecule has 2 aromatic rings. The van der Waals surface area contributed by atoms with Crippen LogP contribution in [0.1, 0.15) is 20.8 Å². The Morgan fingerprint density at radius 2 is 2.12 bits per heavy atom. The van der Waals surface area contributed by atoms with Gasteiger partial charge in [0.15, 0.2) is 0 Å². The van der Waals surface area contributed by atoms with Crippen LogP contribution in [-0.2, 0) is 14.3 Å². The van der Waals surface area contributed by atoms with E-state index in [1.54, 1.807) is 12.3 Å². The lowest BCUT2D eigenvalue weighted by molar-refractivity contribution is -0.168. The number of hydrogen-bond donors (Lipinski definition) is 2. The third-order valence-electron chi connectivity index (χ3n) is 3.09. The molecule has 0 aliphatic heterocycles. The monoisotopic (exact) mass is 352 g/mol.